The number of fused-ring (bicyclic) bond motifs is 1. The molecule has 2 rings (SSSR count). The molecule has 1 heterocycles. The van der Waals surface area contributed by atoms with Crippen LogP contribution in [0, 0.1) is 0 Å². The van der Waals surface area contributed by atoms with E-state index in [1.165, 1.54) is 14.0 Å². The molecule has 1 aromatic carbocycles. The molecule has 4 nitrogen and oxygen atoms in total. The third kappa shape index (κ3) is 2.21. The fraction of sp³-hybridized carbons (Fsp3) is 0.308. The van der Waals surface area contributed by atoms with Crippen LogP contribution in [-0.2, 0) is 16.1 Å². The number of hydrogen-bond donors (Lipinski definition) is 1. The van der Waals surface area contributed by atoms with Gasteiger partial charge < -0.3 is 14.4 Å². The number of halogens is 1. The number of benzene rings is 1. The van der Waals surface area contributed by atoms with Gasteiger partial charge in [0.1, 0.15) is 0 Å². The molecule has 0 aliphatic rings. The maximum atomic E-state index is 11.5. The van der Waals surface area contributed by atoms with Crippen LogP contribution in [0.4, 0.5) is 0 Å². The molecule has 1 atom stereocenters. The summed E-state index contributed by atoms with van der Waals surface area (Å²) in [4.78, 5) is 11.5. The van der Waals surface area contributed by atoms with Crippen LogP contribution in [0.1, 0.15) is 6.92 Å². The van der Waals surface area contributed by atoms with Crippen LogP contribution < -0.4 is 0 Å². The number of methoxy groups -OCH3 is 1. The number of hydrogen-bond acceptors (Lipinski definition) is 3. The predicted molar refractivity (Wildman–Crippen MR) is 69.6 cm³/mol. The molecule has 0 spiro atoms. The zero-order valence-electron chi connectivity index (χ0n) is 10.2. The van der Waals surface area contributed by atoms with Crippen molar-refractivity contribution in [3.63, 3.8) is 0 Å². The van der Waals surface area contributed by atoms with Crippen LogP contribution in [0.2, 0.25) is 5.02 Å². The number of para-hydroxylation sites is 1. The van der Waals surface area contributed by atoms with Gasteiger partial charge in [0.15, 0.2) is 5.60 Å². The Bertz CT molecular complexity index is 589. The second kappa shape index (κ2) is 4.63. The minimum atomic E-state index is -1.58. The molecule has 0 radical (unpaired) electrons. The summed E-state index contributed by atoms with van der Waals surface area (Å²) in [6, 6.07) is 7.43. The van der Waals surface area contributed by atoms with E-state index in [1.54, 1.807) is 16.8 Å². The standard InChI is InChI=1S/C13H14ClNO3/c1-13(17,12(16)18-2)8-15-7-6-9-4-3-5-10(14)11(9)15/h3-7,17H,8H2,1-2H3. The minimum absolute atomic E-state index is 0.0902. The van der Waals surface area contributed by atoms with E-state index in [0.717, 1.165) is 10.9 Å². The normalized spacial score (nSPS) is 14.4. The lowest BCUT2D eigenvalue weighted by atomic mass is 10.1. The van der Waals surface area contributed by atoms with Crippen molar-refractivity contribution in [3.05, 3.63) is 35.5 Å². The van der Waals surface area contributed by atoms with Gasteiger partial charge in [0, 0.05) is 11.6 Å². The molecule has 0 aliphatic carbocycles. The molecule has 0 saturated carbocycles. The third-order valence-corrected chi connectivity index (χ3v) is 3.15. The SMILES string of the molecule is COC(=O)C(C)(O)Cn1ccc2cccc(Cl)c21. The van der Waals surface area contributed by atoms with E-state index in [4.69, 9.17) is 11.6 Å². The summed E-state index contributed by atoms with van der Waals surface area (Å²) in [7, 11) is 1.25. The van der Waals surface area contributed by atoms with E-state index in [0.29, 0.717) is 5.02 Å². The van der Waals surface area contributed by atoms with Gasteiger partial charge in [-0.2, -0.15) is 0 Å². The summed E-state index contributed by atoms with van der Waals surface area (Å²) in [6.07, 6.45) is 1.79. The first-order valence-electron chi connectivity index (χ1n) is 5.50. The summed E-state index contributed by atoms with van der Waals surface area (Å²) in [5.41, 5.74) is -0.789. The van der Waals surface area contributed by atoms with E-state index in [1.807, 2.05) is 18.2 Å². The molecule has 0 bridgehead atoms. The number of rotatable bonds is 3. The van der Waals surface area contributed by atoms with Crippen molar-refractivity contribution >= 4 is 28.5 Å². The Balaban J connectivity index is 2.41. The Hall–Kier alpha value is -1.52. The van der Waals surface area contributed by atoms with Crippen molar-refractivity contribution < 1.29 is 14.6 Å². The first-order chi connectivity index (χ1) is 8.45. The monoisotopic (exact) mass is 267 g/mol. The molecule has 0 fully saturated rings. The number of aliphatic hydroxyl groups is 1. The highest BCUT2D eigenvalue weighted by Crippen LogP contribution is 2.25. The van der Waals surface area contributed by atoms with Crippen molar-refractivity contribution in [1.29, 1.82) is 0 Å². The third-order valence-electron chi connectivity index (χ3n) is 2.84. The predicted octanol–water partition coefficient (Wildman–Crippen LogP) is 2.22. The van der Waals surface area contributed by atoms with E-state index in [2.05, 4.69) is 4.74 Å². The lowest BCUT2D eigenvalue weighted by Crippen LogP contribution is -2.40. The average Bonchev–Trinajstić information content (AvgIpc) is 2.72. The van der Waals surface area contributed by atoms with Gasteiger partial charge in [-0.1, -0.05) is 23.7 Å². The van der Waals surface area contributed by atoms with E-state index in [9.17, 15) is 9.90 Å². The lowest BCUT2D eigenvalue weighted by molar-refractivity contribution is -0.161. The smallest absolute Gasteiger partial charge is 0.339 e. The fourth-order valence-corrected chi connectivity index (χ4v) is 2.25. The number of carbonyl (C=O) groups excluding carboxylic acids is 1. The summed E-state index contributed by atoms with van der Waals surface area (Å²) in [5, 5.41) is 11.6. The number of carbonyl (C=O) groups is 1. The van der Waals surface area contributed by atoms with Crippen LogP contribution in [-0.4, -0.2) is 28.4 Å². The van der Waals surface area contributed by atoms with Gasteiger partial charge in [0.05, 0.1) is 24.2 Å². The summed E-state index contributed by atoms with van der Waals surface area (Å²) >= 11 is 6.13. The van der Waals surface area contributed by atoms with E-state index < -0.39 is 11.6 Å². The molecule has 0 amide bonds. The zero-order chi connectivity index (χ0) is 13.3. The van der Waals surface area contributed by atoms with Gasteiger partial charge >= 0.3 is 5.97 Å². The maximum absolute atomic E-state index is 11.5. The van der Waals surface area contributed by atoms with Crippen molar-refractivity contribution in [2.75, 3.05) is 7.11 Å². The molecule has 0 saturated heterocycles. The zero-order valence-corrected chi connectivity index (χ0v) is 10.9. The molecule has 5 heteroatoms. The van der Waals surface area contributed by atoms with Crippen molar-refractivity contribution in [2.24, 2.45) is 0 Å². The lowest BCUT2D eigenvalue weighted by Gasteiger charge is -2.21. The van der Waals surface area contributed by atoms with Gasteiger partial charge in [0.2, 0.25) is 0 Å². The topological polar surface area (TPSA) is 51.5 Å². The highest BCUT2D eigenvalue weighted by atomic mass is 35.5. The Morgan fingerprint density at radius 2 is 2.22 bits per heavy atom. The van der Waals surface area contributed by atoms with Crippen molar-refractivity contribution in [1.82, 2.24) is 4.57 Å². The summed E-state index contributed by atoms with van der Waals surface area (Å²) in [6.45, 7) is 1.51. The first kappa shape index (κ1) is 12.9. The summed E-state index contributed by atoms with van der Waals surface area (Å²) < 4.78 is 6.32. The largest absolute Gasteiger partial charge is 0.467 e. The Kier molecular flexibility index (Phi) is 3.32. The molecular weight excluding hydrogens is 254 g/mol. The molecule has 2 aromatic rings. The van der Waals surface area contributed by atoms with Crippen molar-refractivity contribution in [2.45, 2.75) is 19.1 Å². The second-order valence-electron chi connectivity index (χ2n) is 4.39. The highest BCUT2D eigenvalue weighted by molar-refractivity contribution is 6.35. The number of ether oxygens (including phenoxy) is 1. The summed E-state index contributed by atoms with van der Waals surface area (Å²) in [5.74, 6) is -0.670. The van der Waals surface area contributed by atoms with Crippen molar-refractivity contribution in [3.8, 4) is 0 Å². The van der Waals surface area contributed by atoms with E-state index in [-0.39, 0.29) is 6.54 Å². The Morgan fingerprint density at radius 3 is 2.89 bits per heavy atom. The molecule has 1 aromatic heterocycles. The molecule has 18 heavy (non-hydrogen) atoms. The Labute approximate surface area is 110 Å². The number of aromatic nitrogens is 1. The van der Waals surface area contributed by atoms with E-state index >= 15 is 0 Å². The van der Waals surface area contributed by atoms with Crippen LogP contribution in [0.3, 0.4) is 0 Å². The van der Waals surface area contributed by atoms with Gasteiger partial charge in [-0.05, 0) is 19.1 Å². The van der Waals surface area contributed by atoms with Crippen LogP contribution in [0.25, 0.3) is 10.9 Å². The maximum Gasteiger partial charge on any atom is 0.339 e. The molecule has 0 aliphatic heterocycles. The number of esters is 1. The average molecular weight is 268 g/mol. The van der Waals surface area contributed by atoms with Gasteiger partial charge in [-0.15, -0.1) is 0 Å². The second-order valence-corrected chi connectivity index (χ2v) is 4.79. The van der Waals surface area contributed by atoms with Crippen LogP contribution >= 0.6 is 11.6 Å². The van der Waals surface area contributed by atoms with Gasteiger partial charge in [-0.25, -0.2) is 4.79 Å². The van der Waals surface area contributed by atoms with Crippen LogP contribution in [0.5, 0.6) is 0 Å². The first-order valence-corrected chi connectivity index (χ1v) is 5.87. The quantitative estimate of drug-likeness (QED) is 0.868. The minimum Gasteiger partial charge on any atom is -0.467 e. The van der Waals surface area contributed by atoms with Gasteiger partial charge in [-0.3, -0.25) is 0 Å². The molecular formula is C13H14ClNO3. The Morgan fingerprint density at radius 1 is 1.50 bits per heavy atom. The highest BCUT2D eigenvalue weighted by Gasteiger charge is 2.32. The molecule has 1 N–H and O–H groups in total. The number of nitrogens with zero attached hydrogens (tertiary/aromatic N) is 1. The van der Waals surface area contributed by atoms with Crippen LogP contribution in [0.15, 0.2) is 30.5 Å². The molecule has 96 valence electrons. The fourth-order valence-electron chi connectivity index (χ4n) is 1.96. The molecule has 1 unspecified atom stereocenters. The van der Waals surface area contributed by atoms with Gasteiger partial charge in [0.25, 0.3) is 0 Å².